The highest BCUT2D eigenvalue weighted by Gasteiger charge is 2.53. The fraction of sp³-hybridized carbons (Fsp3) is 0.750. The van der Waals surface area contributed by atoms with Crippen LogP contribution in [0.1, 0.15) is 57.8 Å². The number of nitrogens with zero attached hydrogens (tertiary/aromatic N) is 2. The Hall–Kier alpha value is -2.69. The van der Waals surface area contributed by atoms with Crippen molar-refractivity contribution in [1.82, 2.24) is 9.80 Å². The molecule has 2 rings (SSSR count). The molecule has 0 aromatic rings. The van der Waals surface area contributed by atoms with Crippen molar-refractivity contribution in [1.29, 1.82) is 0 Å². The third-order valence-electron chi connectivity index (χ3n) is 6.07. The highest BCUT2D eigenvalue weighted by Crippen LogP contribution is 2.38. The molecule has 0 unspecified atom stereocenters. The third kappa shape index (κ3) is 6.16. The molecule has 2 saturated heterocycles. The van der Waals surface area contributed by atoms with Gasteiger partial charge in [0.2, 0.25) is 11.8 Å². The Morgan fingerprint density at radius 1 is 0.935 bits per heavy atom. The summed E-state index contributed by atoms with van der Waals surface area (Å²) >= 11 is 0. The summed E-state index contributed by atoms with van der Waals surface area (Å²) < 4.78 is 0. The van der Waals surface area contributed by atoms with Crippen LogP contribution < -0.4 is 5.73 Å². The number of hydrogen-bond acceptors (Lipinski definition) is 6. The Labute approximate surface area is 180 Å². The van der Waals surface area contributed by atoms with Crippen molar-refractivity contribution >= 4 is 29.7 Å². The molecule has 0 aromatic heterocycles. The van der Waals surface area contributed by atoms with Crippen LogP contribution in [0.3, 0.4) is 0 Å². The maximum atomic E-state index is 13.3. The molecule has 11 nitrogen and oxygen atoms in total. The highest BCUT2D eigenvalue weighted by molar-refractivity contribution is 5.93. The van der Waals surface area contributed by atoms with E-state index in [1.165, 1.54) is 9.80 Å². The van der Waals surface area contributed by atoms with Crippen LogP contribution in [-0.2, 0) is 24.0 Å². The van der Waals surface area contributed by atoms with Gasteiger partial charge in [0.05, 0.1) is 6.04 Å². The molecule has 0 spiro atoms. The predicted molar refractivity (Wildman–Crippen MR) is 107 cm³/mol. The van der Waals surface area contributed by atoms with Crippen LogP contribution >= 0.6 is 0 Å². The van der Waals surface area contributed by atoms with Crippen molar-refractivity contribution in [3.8, 4) is 0 Å². The summed E-state index contributed by atoms with van der Waals surface area (Å²) in [5.41, 5.74) is 5.46. The molecule has 0 aliphatic carbocycles. The van der Waals surface area contributed by atoms with Crippen molar-refractivity contribution in [3.63, 3.8) is 0 Å². The van der Waals surface area contributed by atoms with Crippen LogP contribution in [0.25, 0.3) is 0 Å². The van der Waals surface area contributed by atoms with Gasteiger partial charge in [-0.1, -0.05) is 6.42 Å². The van der Waals surface area contributed by atoms with Gasteiger partial charge in [0.25, 0.3) is 0 Å². The zero-order chi connectivity index (χ0) is 23.1. The predicted octanol–water partition coefficient (Wildman–Crippen LogP) is 0.116. The van der Waals surface area contributed by atoms with Crippen LogP contribution in [0.4, 0.5) is 0 Å². The maximum Gasteiger partial charge on any atom is 0.326 e. The van der Waals surface area contributed by atoms with Gasteiger partial charge >= 0.3 is 17.9 Å². The number of piperazine rings is 1. The molecule has 0 saturated carbocycles. The number of carbonyl (C=O) groups is 5. The normalized spacial score (nSPS) is 25.4. The average Bonchev–Trinajstić information content (AvgIpc) is 3.07. The van der Waals surface area contributed by atoms with Gasteiger partial charge in [-0.15, -0.1) is 0 Å². The van der Waals surface area contributed by atoms with E-state index in [-0.39, 0.29) is 44.6 Å². The SMILES string of the molecule is NCCCCCC(=O)N1C[C@@H]2C[C@H](CCC(=O)O)[C@@H](C(=O)O)N2C(=O)[C@@H]1CCC(=O)O. The lowest BCUT2D eigenvalue weighted by Gasteiger charge is -2.44. The summed E-state index contributed by atoms with van der Waals surface area (Å²) in [4.78, 5) is 62.7. The molecule has 174 valence electrons. The summed E-state index contributed by atoms with van der Waals surface area (Å²) in [7, 11) is 0. The van der Waals surface area contributed by atoms with E-state index in [0.29, 0.717) is 19.4 Å². The van der Waals surface area contributed by atoms with Crippen LogP contribution in [0, 0.1) is 5.92 Å². The topological polar surface area (TPSA) is 179 Å². The van der Waals surface area contributed by atoms with Gasteiger partial charge in [-0.05, 0) is 44.6 Å². The molecule has 11 heteroatoms. The first kappa shape index (κ1) is 24.6. The molecular formula is C20H31N3O8. The van der Waals surface area contributed by atoms with Gasteiger partial charge in [-0.3, -0.25) is 19.2 Å². The highest BCUT2D eigenvalue weighted by atomic mass is 16.4. The van der Waals surface area contributed by atoms with Crippen molar-refractivity contribution in [2.24, 2.45) is 11.7 Å². The number of carboxylic acids is 3. The first-order valence-corrected chi connectivity index (χ1v) is 10.7. The van der Waals surface area contributed by atoms with Crippen molar-refractivity contribution < 1.29 is 39.3 Å². The van der Waals surface area contributed by atoms with E-state index in [2.05, 4.69) is 0 Å². The fourth-order valence-electron chi connectivity index (χ4n) is 4.65. The molecule has 5 N–H and O–H groups in total. The number of amides is 2. The Morgan fingerprint density at radius 3 is 2.16 bits per heavy atom. The number of carboxylic acid groups (broad SMARTS) is 3. The number of unbranched alkanes of at least 4 members (excludes halogenated alkanes) is 2. The lowest BCUT2D eigenvalue weighted by molar-refractivity contribution is -0.162. The average molecular weight is 441 g/mol. The minimum absolute atomic E-state index is 0.0991. The van der Waals surface area contributed by atoms with Crippen LogP contribution in [0.15, 0.2) is 0 Å². The van der Waals surface area contributed by atoms with E-state index in [1.807, 2.05) is 0 Å². The smallest absolute Gasteiger partial charge is 0.326 e. The molecule has 2 amide bonds. The first-order valence-electron chi connectivity index (χ1n) is 10.7. The van der Waals surface area contributed by atoms with Crippen LogP contribution in [0.5, 0.6) is 0 Å². The van der Waals surface area contributed by atoms with Crippen LogP contribution in [0.2, 0.25) is 0 Å². The minimum atomic E-state index is -1.22. The van der Waals surface area contributed by atoms with E-state index in [0.717, 1.165) is 12.8 Å². The third-order valence-corrected chi connectivity index (χ3v) is 6.07. The van der Waals surface area contributed by atoms with E-state index < -0.39 is 47.9 Å². The number of hydrogen-bond donors (Lipinski definition) is 4. The van der Waals surface area contributed by atoms with Gasteiger partial charge in [-0.2, -0.15) is 0 Å². The zero-order valence-electron chi connectivity index (χ0n) is 17.4. The maximum absolute atomic E-state index is 13.3. The summed E-state index contributed by atoms with van der Waals surface area (Å²) in [6.07, 6.45) is 2.10. The summed E-state index contributed by atoms with van der Waals surface area (Å²) in [6, 6.07) is -2.73. The second kappa shape index (κ2) is 11.1. The van der Waals surface area contributed by atoms with Crippen molar-refractivity contribution in [2.75, 3.05) is 13.1 Å². The Morgan fingerprint density at radius 2 is 1.58 bits per heavy atom. The molecule has 0 radical (unpaired) electrons. The van der Waals surface area contributed by atoms with Gasteiger partial charge < -0.3 is 30.9 Å². The molecule has 0 aromatic carbocycles. The van der Waals surface area contributed by atoms with Crippen molar-refractivity contribution in [2.45, 2.75) is 75.9 Å². The Balaban J connectivity index is 2.22. The first-order chi connectivity index (χ1) is 14.7. The van der Waals surface area contributed by atoms with Gasteiger partial charge in [0.15, 0.2) is 0 Å². The van der Waals surface area contributed by atoms with Gasteiger partial charge in [0.1, 0.15) is 12.1 Å². The molecule has 2 aliphatic heterocycles. The number of rotatable bonds is 12. The summed E-state index contributed by atoms with van der Waals surface area (Å²) in [5.74, 6) is -4.75. The van der Waals surface area contributed by atoms with E-state index in [1.54, 1.807) is 0 Å². The summed E-state index contributed by atoms with van der Waals surface area (Å²) in [6.45, 7) is 0.641. The van der Waals surface area contributed by atoms with Crippen molar-refractivity contribution in [3.05, 3.63) is 0 Å². The van der Waals surface area contributed by atoms with E-state index >= 15 is 0 Å². The van der Waals surface area contributed by atoms with E-state index in [4.69, 9.17) is 15.9 Å². The second-order valence-corrected chi connectivity index (χ2v) is 8.20. The molecular weight excluding hydrogens is 410 g/mol. The largest absolute Gasteiger partial charge is 0.481 e. The molecule has 0 bridgehead atoms. The monoisotopic (exact) mass is 441 g/mol. The number of aliphatic carboxylic acids is 3. The van der Waals surface area contributed by atoms with Crippen LogP contribution in [-0.4, -0.2) is 86.1 Å². The summed E-state index contributed by atoms with van der Waals surface area (Å²) in [5, 5.41) is 27.7. The van der Waals surface area contributed by atoms with Gasteiger partial charge in [0, 0.05) is 25.8 Å². The molecule has 2 aliphatic rings. The minimum Gasteiger partial charge on any atom is -0.481 e. The molecule has 31 heavy (non-hydrogen) atoms. The Bertz CT molecular complexity index is 713. The lowest BCUT2D eigenvalue weighted by atomic mass is 9.93. The molecule has 2 heterocycles. The lowest BCUT2D eigenvalue weighted by Crippen LogP contribution is -2.63. The second-order valence-electron chi connectivity index (χ2n) is 8.20. The molecule has 4 atom stereocenters. The van der Waals surface area contributed by atoms with E-state index in [9.17, 15) is 29.1 Å². The zero-order valence-corrected chi connectivity index (χ0v) is 17.4. The fourth-order valence-corrected chi connectivity index (χ4v) is 4.65. The number of carbonyl (C=O) groups excluding carboxylic acids is 2. The standard InChI is InChI=1S/C20H31N3O8/c21-9-3-1-2-4-15(24)22-11-13-10-12(5-7-16(25)26)18(20(30)31)23(13)19(29)14(22)6-8-17(27)28/h12-14,18H,1-11,21H2,(H,25,26)(H,27,28)(H,30,31)/t12-,13-,14-,18-/m0/s1. The molecule has 2 fully saturated rings. The Kier molecular flexibility index (Phi) is 8.78. The van der Waals surface area contributed by atoms with Gasteiger partial charge in [-0.25, -0.2) is 4.79 Å². The quantitative estimate of drug-likeness (QED) is 0.306. The number of fused-ring (bicyclic) bond motifs is 1. The number of nitrogens with two attached hydrogens (primary N) is 1.